The van der Waals surface area contributed by atoms with Crippen LogP contribution in [-0.4, -0.2) is 9.55 Å². The second-order valence-electron chi connectivity index (χ2n) is 4.31. The molecule has 0 amide bonds. The summed E-state index contributed by atoms with van der Waals surface area (Å²) < 4.78 is 2.00. The van der Waals surface area contributed by atoms with E-state index in [0.29, 0.717) is 17.6 Å². The van der Waals surface area contributed by atoms with Gasteiger partial charge in [0.15, 0.2) is 0 Å². The predicted octanol–water partition coefficient (Wildman–Crippen LogP) is 2.58. The van der Waals surface area contributed by atoms with Gasteiger partial charge >= 0.3 is 0 Å². The van der Waals surface area contributed by atoms with E-state index in [2.05, 4.69) is 4.98 Å². The van der Waals surface area contributed by atoms with Crippen molar-refractivity contribution in [3.63, 3.8) is 0 Å². The van der Waals surface area contributed by atoms with Crippen molar-refractivity contribution >= 4 is 11.6 Å². The van der Waals surface area contributed by atoms with Crippen molar-refractivity contribution in [2.45, 2.75) is 44.6 Å². The summed E-state index contributed by atoms with van der Waals surface area (Å²) in [5.74, 6) is 1.71. The first-order chi connectivity index (χ1) is 7.24. The van der Waals surface area contributed by atoms with Gasteiger partial charge < -0.3 is 10.3 Å². The van der Waals surface area contributed by atoms with E-state index in [0.717, 1.165) is 11.5 Å². The number of halogens is 1. The minimum atomic E-state index is 0.430. The van der Waals surface area contributed by atoms with E-state index in [-0.39, 0.29) is 0 Å². The highest BCUT2D eigenvalue weighted by Crippen LogP contribution is 2.33. The molecule has 1 aromatic heterocycles. The van der Waals surface area contributed by atoms with Crippen LogP contribution >= 0.6 is 11.6 Å². The third kappa shape index (κ3) is 2.04. The number of hydrogen-bond donors (Lipinski definition) is 1. The minimum Gasteiger partial charge on any atom is -0.325 e. The summed E-state index contributed by atoms with van der Waals surface area (Å²) in [5.41, 5.74) is 6.44. The topological polar surface area (TPSA) is 43.8 Å². The van der Waals surface area contributed by atoms with Crippen LogP contribution < -0.4 is 5.73 Å². The van der Waals surface area contributed by atoms with Crippen LogP contribution in [0, 0.1) is 0 Å². The average molecular weight is 228 g/mol. The molecule has 0 bridgehead atoms. The molecule has 0 saturated heterocycles. The fraction of sp³-hybridized carbons (Fsp3) is 0.727. The van der Waals surface area contributed by atoms with Crippen LogP contribution in [0.4, 0.5) is 0 Å². The third-order valence-corrected chi connectivity index (χ3v) is 3.76. The molecule has 1 aliphatic carbocycles. The van der Waals surface area contributed by atoms with Gasteiger partial charge in [-0.05, 0) is 12.8 Å². The van der Waals surface area contributed by atoms with Gasteiger partial charge in [0, 0.05) is 19.5 Å². The van der Waals surface area contributed by atoms with E-state index in [1.165, 1.54) is 32.1 Å². The molecule has 1 aromatic rings. The first-order valence-electron chi connectivity index (χ1n) is 5.65. The normalized spacial score (nSPS) is 18.3. The summed E-state index contributed by atoms with van der Waals surface area (Å²) in [4.78, 5) is 4.56. The summed E-state index contributed by atoms with van der Waals surface area (Å²) in [6, 6.07) is 0. The Labute approximate surface area is 95.6 Å². The van der Waals surface area contributed by atoms with E-state index in [4.69, 9.17) is 17.3 Å². The van der Waals surface area contributed by atoms with Crippen molar-refractivity contribution < 1.29 is 0 Å². The SMILES string of the molecule is Cn1c(C2CCCCC2)nc(CN)c1Cl. The molecule has 15 heavy (non-hydrogen) atoms. The van der Waals surface area contributed by atoms with Gasteiger partial charge in [0.05, 0.1) is 5.69 Å². The molecular weight excluding hydrogens is 210 g/mol. The van der Waals surface area contributed by atoms with E-state index in [9.17, 15) is 0 Å². The number of nitrogens with zero attached hydrogens (tertiary/aromatic N) is 2. The van der Waals surface area contributed by atoms with Gasteiger partial charge in [-0.15, -0.1) is 0 Å². The molecule has 4 heteroatoms. The molecule has 1 fully saturated rings. The fourth-order valence-electron chi connectivity index (χ4n) is 2.41. The Morgan fingerprint density at radius 3 is 2.60 bits per heavy atom. The van der Waals surface area contributed by atoms with Gasteiger partial charge in [0.2, 0.25) is 0 Å². The summed E-state index contributed by atoms with van der Waals surface area (Å²) in [6.07, 6.45) is 6.47. The van der Waals surface area contributed by atoms with Gasteiger partial charge in [-0.1, -0.05) is 30.9 Å². The maximum absolute atomic E-state index is 6.15. The Hall–Kier alpha value is -0.540. The lowest BCUT2D eigenvalue weighted by atomic mass is 9.89. The van der Waals surface area contributed by atoms with Crippen LogP contribution in [0.15, 0.2) is 0 Å². The highest BCUT2D eigenvalue weighted by atomic mass is 35.5. The van der Waals surface area contributed by atoms with Crippen LogP contribution in [0.3, 0.4) is 0 Å². The number of imidazole rings is 1. The molecular formula is C11H18ClN3. The van der Waals surface area contributed by atoms with Crippen molar-refractivity contribution in [1.82, 2.24) is 9.55 Å². The molecule has 0 atom stereocenters. The molecule has 1 aliphatic rings. The van der Waals surface area contributed by atoms with Gasteiger partial charge in [-0.2, -0.15) is 0 Å². The van der Waals surface area contributed by atoms with E-state index < -0.39 is 0 Å². The molecule has 0 spiro atoms. The van der Waals surface area contributed by atoms with E-state index >= 15 is 0 Å². The van der Waals surface area contributed by atoms with Crippen LogP contribution in [0.1, 0.15) is 49.5 Å². The second kappa shape index (κ2) is 4.54. The largest absolute Gasteiger partial charge is 0.325 e. The monoisotopic (exact) mass is 227 g/mol. The standard InChI is InChI=1S/C11H18ClN3/c1-15-10(12)9(7-13)14-11(15)8-5-3-2-4-6-8/h8H,2-7,13H2,1H3. The number of nitrogens with two attached hydrogens (primary N) is 1. The van der Waals surface area contributed by atoms with Gasteiger partial charge in [0.25, 0.3) is 0 Å². The summed E-state index contributed by atoms with van der Waals surface area (Å²) in [5, 5.41) is 0.707. The molecule has 0 unspecified atom stereocenters. The predicted molar refractivity (Wildman–Crippen MR) is 61.9 cm³/mol. The Kier molecular flexibility index (Phi) is 3.32. The maximum Gasteiger partial charge on any atom is 0.133 e. The molecule has 2 N–H and O–H groups in total. The second-order valence-corrected chi connectivity index (χ2v) is 4.66. The highest BCUT2D eigenvalue weighted by Gasteiger charge is 2.22. The van der Waals surface area contributed by atoms with Crippen LogP contribution in [-0.2, 0) is 13.6 Å². The Balaban J connectivity index is 2.26. The Morgan fingerprint density at radius 1 is 1.40 bits per heavy atom. The summed E-state index contributed by atoms with van der Waals surface area (Å²) in [6.45, 7) is 0.430. The Bertz CT molecular complexity index is 340. The maximum atomic E-state index is 6.15. The Morgan fingerprint density at radius 2 is 2.07 bits per heavy atom. The summed E-state index contributed by atoms with van der Waals surface area (Å²) in [7, 11) is 1.98. The van der Waals surface area contributed by atoms with Crippen LogP contribution in [0.5, 0.6) is 0 Å². The van der Waals surface area contributed by atoms with Crippen LogP contribution in [0.2, 0.25) is 5.15 Å². The van der Waals surface area contributed by atoms with E-state index in [1.54, 1.807) is 0 Å². The zero-order chi connectivity index (χ0) is 10.8. The molecule has 0 aromatic carbocycles. The third-order valence-electron chi connectivity index (χ3n) is 3.29. The zero-order valence-corrected chi connectivity index (χ0v) is 9.93. The highest BCUT2D eigenvalue weighted by molar-refractivity contribution is 6.30. The molecule has 1 saturated carbocycles. The van der Waals surface area contributed by atoms with Crippen LogP contribution in [0.25, 0.3) is 0 Å². The van der Waals surface area contributed by atoms with Gasteiger partial charge in [-0.3, -0.25) is 0 Å². The fourth-order valence-corrected chi connectivity index (χ4v) is 2.62. The van der Waals surface area contributed by atoms with Crippen molar-refractivity contribution in [3.8, 4) is 0 Å². The molecule has 2 rings (SSSR count). The van der Waals surface area contributed by atoms with E-state index in [1.807, 2.05) is 11.6 Å². The minimum absolute atomic E-state index is 0.430. The molecule has 0 aliphatic heterocycles. The lowest BCUT2D eigenvalue weighted by molar-refractivity contribution is 0.421. The average Bonchev–Trinajstić information content (AvgIpc) is 2.57. The smallest absolute Gasteiger partial charge is 0.133 e. The zero-order valence-electron chi connectivity index (χ0n) is 9.17. The van der Waals surface area contributed by atoms with Crippen molar-refractivity contribution in [2.24, 2.45) is 12.8 Å². The lowest BCUT2D eigenvalue weighted by Crippen LogP contribution is -2.10. The van der Waals surface area contributed by atoms with Gasteiger partial charge in [-0.25, -0.2) is 4.98 Å². The quantitative estimate of drug-likeness (QED) is 0.844. The van der Waals surface area contributed by atoms with Crippen molar-refractivity contribution in [1.29, 1.82) is 0 Å². The lowest BCUT2D eigenvalue weighted by Gasteiger charge is -2.20. The number of aromatic nitrogens is 2. The first-order valence-corrected chi connectivity index (χ1v) is 6.03. The molecule has 84 valence electrons. The molecule has 0 radical (unpaired) electrons. The van der Waals surface area contributed by atoms with Crippen molar-refractivity contribution in [2.75, 3.05) is 0 Å². The number of rotatable bonds is 2. The first kappa shape index (κ1) is 11.0. The number of hydrogen-bond acceptors (Lipinski definition) is 2. The van der Waals surface area contributed by atoms with Crippen molar-refractivity contribution in [3.05, 3.63) is 16.7 Å². The molecule has 1 heterocycles. The summed E-state index contributed by atoms with van der Waals surface area (Å²) >= 11 is 6.15. The van der Waals surface area contributed by atoms with Gasteiger partial charge in [0.1, 0.15) is 11.0 Å². The molecule has 3 nitrogen and oxygen atoms in total.